The van der Waals surface area contributed by atoms with Crippen LogP contribution in [0.15, 0.2) is 71.8 Å². The summed E-state index contributed by atoms with van der Waals surface area (Å²) >= 11 is 0. The van der Waals surface area contributed by atoms with Crippen LogP contribution in [0.4, 0.5) is 5.69 Å². The number of carbonyl (C=O) groups is 3. The van der Waals surface area contributed by atoms with E-state index in [1.54, 1.807) is 74.9 Å². The number of hydrazone groups is 1. The molecular formula is C29H32N4O7. The summed E-state index contributed by atoms with van der Waals surface area (Å²) in [6.45, 7) is 2.44. The minimum absolute atomic E-state index is 0.237. The molecule has 0 bridgehead atoms. The first-order valence-electron chi connectivity index (χ1n) is 12.5. The Kier molecular flexibility index (Phi) is 11.3. The number of rotatable bonds is 13. The zero-order valence-corrected chi connectivity index (χ0v) is 22.6. The van der Waals surface area contributed by atoms with Gasteiger partial charge in [0.1, 0.15) is 11.5 Å². The van der Waals surface area contributed by atoms with E-state index in [9.17, 15) is 14.4 Å². The molecule has 210 valence electrons. The minimum atomic E-state index is -0.920. The molecule has 0 spiro atoms. The van der Waals surface area contributed by atoms with Gasteiger partial charge in [0.2, 0.25) is 0 Å². The Balaban J connectivity index is 1.44. The van der Waals surface area contributed by atoms with E-state index in [0.717, 1.165) is 5.56 Å². The Morgan fingerprint density at radius 3 is 2.33 bits per heavy atom. The normalized spacial score (nSPS) is 10.5. The molecule has 0 aliphatic heterocycles. The van der Waals surface area contributed by atoms with Crippen molar-refractivity contribution in [3.05, 3.63) is 77.9 Å². The van der Waals surface area contributed by atoms with E-state index in [0.29, 0.717) is 47.3 Å². The number of nitrogens with zero attached hydrogens (tertiary/aromatic N) is 1. The maximum absolute atomic E-state index is 12.3. The number of nitrogens with one attached hydrogen (secondary N) is 3. The molecular weight excluding hydrogens is 516 g/mol. The van der Waals surface area contributed by atoms with Crippen LogP contribution >= 0.6 is 0 Å². The van der Waals surface area contributed by atoms with Crippen LogP contribution in [0.25, 0.3) is 0 Å². The molecule has 3 amide bonds. The molecule has 0 saturated heterocycles. The number of para-hydroxylation sites is 1. The molecule has 0 atom stereocenters. The Morgan fingerprint density at radius 2 is 1.60 bits per heavy atom. The summed E-state index contributed by atoms with van der Waals surface area (Å²) in [5.41, 5.74) is 4.20. The van der Waals surface area contributed by atoms with Crippen molar-refractivity contribution in [2.45, 2.75) is 13.3 Å². The van der Waals surface area contributed by atoms with Crippen LogP contribution in [0.2, 0.25) is 0 Å². The van der Waals surface area contributed by atoms with Crippen LogP contribution in [-0.4, -0.2) is 57.9 Å². The predicted octanol–water partition coefficient (Wildman–Crippen LogP) is 2.93. The van der Waals surface area contributed by atoms with Gasteiger partial charge in [-0.3, -0.25) is 14.4 Å². The third-order valence-corrected chi connectivity index (χ3v) is 5.45. The van der Waals surface area contributed by atoms with Gasteiger partial charge in [-0.25, -0.2) is 5.43 Å². The lowest BCUT2D eigenvalue weighted by atomic mass is 10.1. The van der Waals surface area contributed by atoms with Gasteiger partial charge in [-0.2, -0.15) is 5.10 Å². The molecule has 3 aromatic carbocycles. The molecule has 0 saturated carbocycles. The Morgan fingerprint density at radius 1 is 0.850 bits per heavy atom. The molecule has 11 nitrogen and oxygen atoms in total. The van der Waals surface area contributed by atoms with Gasteiger partial charge >= 0.3 is 11.8 Å². The summed E-state index contributed by atoms with van der Waals surface area (Å²) in [6.07, 6.45) is 1.81. The zero-order valence-electron chi connectivity index (χ0n) is 22.6. The third kappa shape index (κ3) is 9.05. The lowest BCUT2D eigenvalue weighted by Gasteiger charge is -2.10. The van der Waals surface area contributed by atoms with E-state index in [-0.39, 0.29) is 19.1 Å². The van der Waals surface area contributed by atoms with Crippen LogP contribution in [0.3, 0.4) is 0 Å². The molecule has 0 unspecified atom stereocenters. The molecule has 40 heavy (non-hydrogen) atoms. The fourth-order valence-corrected chi connectivity index (χ4v) is 3.51. The van der Waals surface area contributed by atoms with Gasteiger partial charge in [-0.1, -0.05) is 18.2 Å². The first kappa shape index (κ1) is 29.5. The van der Waals surface area contributed by atoms with E-state index in [1.807, 2.05) is 13.0 Å². The van der Waals surface area contributed by atoms with Crippen LogP contribution in [0.1, 0.15) is 18.1 Å². The largest absolute Gasteiger partial charge is 0.494 e. The molecule has 0 radical (unpaired) electrons. The van der Waals surface area contributed by atoms with Crippen molar-refractivity contribution < 1.29 is 33.3 Å². The highest BCUT2D eigenvalue weighted by atomic mass is 16.5. The summed E-state index contributed by atoms with van der Waals surface area (Å²) in [4.78, 5) is 36.6. The number of benzene rings is 3. The van der Waals surface area contributed by atoms with Crippen molar-refractivity contribution in [3.8, 4) is 23.0 Å². The maximum atomic E-state index is 12.3. The van der Waals surface area contributed by atoms with Crippen LogP contribution in [-0.2, 0) is 20.8 Å². The zero-order chi connectivity index (χ0) is 28.7. The Bertz CT molecular complexity index is 1330. The van der Waals surface area contributed by atoms with E-state index >= 15 is 0 Å². The number of hydrogen-bond acceptors (Lipinski definition) is 8. The number of methoxy groups -OCH3 is 2. The monoisotopic (exact) mass is 548 g/mol. The number of ether oxygens (including phenoxy) is 4. The minimum Gasteiger partial charge on any atom is -0.494 e. The van der Waals surface area contributed by atoms with E-state index in [1.165, 1.54) is 6.21 Å². The van der Waals surface area contributed by atoms with E-state index in [2.05, 4.69) is 21.2 Å². The van der Waals surface area contributed by atoms with E-state index < -0.39 is 11.8 Å². The Labute approximate surface area is 232 Å². The fraction of sp³-hybridized carbons (Fsp3) is 0.241. The van der Waals surface area contributed by atoms with Gasteiger partial charge < -0.3 is 29.6 Å². The molecule has 11 heteroatoms. The van der Waals surface area contributed by atoms with Gasteiger partial charge in [-0.05, 0) is 67.4 Å². The number of carbonyl (C=O) groups excluding carboxylic acids is 3. The summed E-state index contributed by atoms with van der Waals surface area (Å²) in [5.74, 6) is 0.173. The van der Waals surface area contributed by atoms with Gasteiger partial charge in [0.05, 0.1) is 27.0 Å². The second-order valence-electron chi connectivity index (χ2n) is 8.23. The number of hydrogen-bond donors (Lipinski definition) is 3. The SMILES string of the molecule is CCOc1ccc(NC(=O)COc2ccccc2/C=N\NC(=O)C(=O)NCCc2ccc(OC)c(OC)c2)cc1. The average Bonchev–Trinajstić information content (AvgIpc) is 2.97. The van der Waals surface area contributed by atoms with Crippen molar-refractivity contribution in [3.63, 3.8) is 0 Å². The van der Waals surface area contributed by atoms with Gasteiger partial charge in [0.25, 0.3) is 5.91 Å². The third-order valence-electron chi connectivity index (χ3n) is 5.45. The topological polar surface area (TPSA) is 137 Å². The van der Waals surface area contributed by atoms with Gasteiger partial charge in [0, 0.05) is 17.8 Å². The van der Waals surface area contributed by atoms with Crippen molar-refractivity contribution in [1.82, 2.24) is 10.7 Å². The van der Waals surface area contributed by atoms with Crippen LogP contribution in [0.5, 0.6) is 23.0 Å². The van der Waals surface area contributed by atoms with Crippen molar-refractivity contribution in [2.24, 2.45) is 5.10 Å². The highest BCUT2D eigenvalue weighted by molar-refractivity contribution is 6.35. The van der Waals surface area contributed by atoms with Gasteiger partial charge in [-0.15, -0.1) is 0 Å². The summed E-state index contributed by atoms with van der Waals surface area (Å²) in [6, 6.07) is 19.3. The molecule has 3 aromatic rings. The number of amides is 3. The van der Waals surface area contributed by atoms with E-state index in [4.69, 9.17) is 18.9 Å². The van der Waals surface area contributed by atoms with Gasteiger partial charge in [0.15, 0.2) is 18.1 Å². The first-order valence-corrected chi connectivity index (χ1v) is 12.5. The molecule has 3 rings (SSSR count). The number of anilines is 1. The predicted molar refractivity (Wildman–Crippen MR) is 150 cm³/mol. The van der Waals surface area contributed by atoms with Crippen LogP contribution < -0.4 is 35.0 Å². The second-order valence-corrected chi connectivity index (χ2v) is 8.23. The highest BCUT2D eigenvalue weighted by Gasteiger charge is 2.13. The van der Waals surface area contributed by atoms with Crippen LogP contribution in [0, 0.1) is 0 Å². The summed E-state index contributed by atoms with van der Waals surface area (Å²) in [7, 11) is 3.09. The summed E-state index contributed by atoms with van der Waals surface area (Å²) < 4.78 is 21.5. The molecule has 0 aliphatic rings. The quantitative estimate of drug-likeness (QED) is 0.170. The second kappa shape index (κ2) is 15.4. The Hall–Kier alpha value is -5.06. The maximum Gasteiger partial charge on any atom is 0.329 e. The highest BCUT2D eigenvalue weighted by Crippen LogP contribution is 2.27. The standard InChI is InChI=1S/C29H32N4O7/c1-4-39-23-12-10-22(11-13-23)32-27(34)19-40-24-8-6-5-7-21(24)18-31-33-29(36)28(35)30-16-15-20-9-14-25(37-2)26(17-20)38-3/h5-14,17-18H,4,15-16,19H2,1-3H3,(H,30,35)(H,32,34)(H,33,36)/b31-18-. The molecule has 0 fully saturated rings. The lowest BCUT2D eigenvalue weighted by Crippen LogP contribution is -2.38. The summed E-state index contributed by atoms with van der Waals surface area (Å²) in [5, 5.41) is 9.13. The molecule has 0 aromatic heterocycles. The molecule has 0 aliphatic carbocycles. The smallest absolute Gasteiger partial charge is 0.329 e. The average molecular weight is 549 g/mol. The molecule has 3 N–H and O–H groups in total. The van der Waals surface area contributed by atoms with Crippen molar-refractivity contribution in [2.75, 3.05) is 39.3 Å². The lowest BCUT2D eigenvalue weighted by molar-refractivity contribution is -0.139. The van der Waals surface area contributed by atoms with Crippen molar-refractivity contribution >= 4 is 29.6 Å². The molecule has 0 heterocycles. The first-order chi connectivity index (χ1) is 19.4. The van der Waals surface area contributed by atoms with Crippen molar-refractivity contribution in [1.29, 1.82) is 0 Å². The fourth-order valence-electron chi connectivity index (χ4n) is 3.51.